The highest BCUT2D eigenvalue weighted by Gasteiger charge is 2.47. The molecule has 0 spiro atoms. The van der Waals surface area contributed by atoms with Crippen LogP contribution in [-0.2, 0) is 5.41 Å². The summed E-state index contributed by atoms with van der Waals surface area (Å²) in [6.07, 6.45) is 1.62. The fourth-order valence-corrected chi connectivity index (χ4v) is 2.84. The molecule has 0 bridgehead atoms. The van der Waals surface area contributed by atoms with Crippen LogP contribution >= 0.6 is 11.3 Å². The molecule has 1 aliphatic rings. The molecule has 0 amide bonds. The summed E-state index contributed by atoms with van der Waals surface area (Å²) in [5.41, 5.74) is 0.279. The van der Waals surface area contributed by atoms with Gasteiger partial charge in [-0.15, -0.1) is 11.3 Å². The average molecular weight is 262 g/mol. The summed E-state index contributed by atoms with van der Waals surface area (Å²) in [6, 6.07) is 5.66. The molecule has 1 saturated carbocycles. The van der Waals surface area contributed by atoms with Gasteiger partial charge in [0.05, 0.1) is 11.8 Å². The van der Waals surface area contributed by atoms with Crippen LogP contribution in [0, 0.1) is 23.0 Å². The van der Waals surface area contributed by atoms with Crippen molar-refractivity contribution >= 4 is 11.3 Å². The lowest BCUT2D eigenvalue weighted by Crippen LogP contribution is -2.01. The lowest BCUT2D eigenvalue weighted by atomic mass is 10.1. The number of hydrogen-bond donors (Lipinski definition) is 0. The first-order chi connectivity index (χ1) is 8.64. The molecule has 1 heterocycles. The van der Waals surface area contributed by atoms with Crippen molar-refractivity contribution in [3.8, 4) is 17.3 Å². The van der Waals surface area contributed by atoms with Gasteiger partial charge in [0.1, 0.15) is 22.1 Å². The standard InChI is InChI=1S/C13H8F2N2S/c14-8-1-2-9(10(15)5-8)11-6-18-12(17-11)13(7-16)3-4-13/h1-2,5-6H,3-4H2. The van der Waals surface area contributed by atoms with Crippen molar-refractivity contribution < 1.29 is 8.78 Å². The van der Waals surface area contributed by atoms with E-state index in [0.29, 0.717) is 5.69 Å². The number of benzene rings is 1. The van der Waals surface area contributed by atoms with Crippen LogP contribution in [0.25, 0.3) is 11.3 Å². The second kappa shape index (κ2) is 3.85. The van der Waals surface area contributed by atoms with Crippen molar-refractivity contribution in [1.29, 1.82) is 5.26 Å². The van der Waals surface area contributed by atoms with Gasteiger partial charge >= 0.3 is 0 Å². The molecule has 90 valence electrons. The van der Waals surface area contributed by atoms with Crippen LogP contribution in [0.2, 0.25) is 0 Å². The van der Waals surface area contributed by atoms with Gasteiger partial charge in [-0.05, 0) is 25.0 Å². The second-order valence-corrected chi connectivity index (χ2v) is 5.21. The Bertz CT molecular complexity index is 653. The zero-order valence-corrected chi connectivity index (χ0v) is 10.1. The first-order valence-corrected chi connectivity index (χ1v) is 6.35. The van der Waals surface area contributed by atoms with E-state index < -0.39 is 17.0 Å². The molecule has 1 aromatic carbocycles. The Morgan fingerprint density at radius 1 is 1.33 bits per heavy atom. The van der Waals surface area contributed by atoms with E-state index in [1.165, 1.54) is 23.5 Å². The minimum atomic E-state index is -0.631. The Kier molecular flexibility index (Phi) is 2.42. The molecule has 0 radical (unpaired) electrons. The van der Waals surface area contributed by atoms with Gasteiger partial charge in [0.25, 0.3) is 0 Å². The van der Waals surface area contributed by atoms with Gasteiger partial charge in [-0.2, -0.15) is 5.26 Å². The molecule has 0 unspecified atom stereocenters. The van der Waals surface area contributed by atoms with Gasteiger partial charge < -0.3 is 0 Å². The molecule has 2 aromatic rings. The van der Waals surface area contributed by atoms with E-state index in [1.807, 2.05) is 0 Å². The summed E-state index contributed by atoms with van der Waals surface area (Å²) in [6.45, 7) is 0. The topological polar surface area (TPSA) is 36.7 Å². The number of thiazole rings is 1. The lowest BCUT2D eigenvalue weighted by molar-refractivity contribution is 0.585. The molecule has 0 N–H and O–H groups in total. The third-order valence-corrected chi connectivity index (χ3v) is 4.13. The normalized spacial score (nSPS) is 16.3. The van der Waals surface area contributed by atoms with Gasteiger partial charge in [0.2, 0.25) is 0 Å². The number of nitrogens with zero attached hydrogens (tertiary/aromatic N) is 2. The van der Waals surface area contributed by atoms with Gasteiger partial charge in [-0.25, -0.2) is 13.8 Å². The van der Waals surface area contributed by atoms with E-state index in [9.17, 15) is 8.78 Å². The third-order valence-electron chi connectivity index (χ3n) is 3.08. The number of rotatable bonds is 2. The van der Waals surface area contributed by atoms with E-state index in [4.69, 9.17) is 5.26 Å². The molecule has 1 aromatic heterocycles. The lowest BCUT2D eigenvalue weighted by Gasteiger charge is -2.00. The summed E-state index contributed by atoms with van der Waals surface area (Å²) in [5, 5.41) is 11.5. The molecule has 3 rings (SSSR count). The van der Waals surface area contributed by atoms with E-state index in [0.717, 1.165) is 23.9 Å². The second-order valence-electron chi connectivity index (χ2n) is 4.36. The highest BCUT2D eigenvalue weighted by Crippen LogP contribution is 2.49. The number of nitriles is 1. The molecule has 0 aliphatic heterocycles. The first-order valence-electron chi connectivity index (χ1n) is 5.47. The monoisotopic (exact) mass is 262 g/mol. The summed E-state index contributed by atoms with van der Waals surface area (Å²) in [4.78, 5) is 4.31. The van der Waals surface area contributed by atoms with Crippen molar-refractivity contribution in [3.05, 3.63) is 40.2 Å². The van der Waals surface area contributed by atoms with Crippen molar-refractivity contribution in [2.45, 2.75) is 18.3 Å². The van der Waals surface area contributed by atoms with Crippen LogP contribution in [0.3, 0.4) is 0 Å². The number of hydrogen-bond acceptors (Lipinski definition) is 3. The quantitative estimate of drug-likeness (QED) is 0.828. The zero-order valence-electron chi connectivity index (χ0n) is 9.28. The van der Waals surface area contributed by atoms with E-state index in [-0.39, 0.29) is 5.56 Å². The molecule has 5 heteroatoms. The van der Waals surface area contributed by atoms with Crippen LogP contribution in [-0.4, -0.2) is 4.98 Å². The maximum Gasteiger partial charge on any atom is 0.135 e. The van der Waals surface area contributed by atoms with Crippen LogP contribution in [0.15, 0.2) is 23.6 Å². The molecule has 2 nitrogen and oxygen atoms in total. The Hall–Kier alpha value is -1.80. The van der Waals surface area contributed by atoms with Gasteiger partial charge in [0.15, 0.2) is 0 Å². The van der Waals surface area contributed by atoms with Crippen molar-refractivity contribution in [2.24, 2.45) is 0 Å². The fraction of sp³-hybridized carbons (Fsp3) is 0.231. The smallest absolute Gasteiger partial charge is 0.135 e. The fourth-order valence-electron chi connectivity index (χ4n) is 1.81. The predicted molar refractivity (Wildman–Crippen MR) is 64.0 cm³/mol. The molecule has 18 heavy (non-hydrogen) atoms. The summed E-state index contributed by atoms with van der Waals surface area (Å²) < 4.78 is 26.4. The summed E-state index contributed by atoms with van der Waals surface area (Å²) in [5.74, 6) is -1.24. The van der Waals surface area contributed by atoms with Crippen LogP contribution in [0.4, 0.5) is 8.78 Å². The van der Waals surface area contributed by atoms with E-state index in [1.54, 1.807) is 5.38 Å². The Labute approximate surface area is 107 Å². The first kappa shape index (κ1) is 11.3. The predicted octanol–water partition coefficient (Wildman–Crippen LogP) is 3.64. The maximum absolute atomic E-state index is 13.6. The maximum atomic E-state index is 13.6. The molecular formula is C13H8F2N2S. The number of halogens is 2. The highest BCUT2D eigenvalue weighted by atomic mass is 32.1. The third kappa shape index (κ3) is 1.70. The van der Waals surface area contributed by atoms with Crippen LogP contribution < -0.4 is 0 Å². The summed E-state index contributed by atoms with van der Waals surface area (Å²) >= 11 is 1.36. The minimum Gasteiger partial charge on any atom is -0.239 e. The molecule has 0 saturated heterocycles. The van der Waals surface area contributed by atoms with Gasteiger partial charge in [-0.3, -0.25) is 0 Å². The van der Waals surface area contributed by atoms with Crippen molar-refractivity contribution in [1.82, 2.24) is 4.98 Å². The van der Waals surface area contributed by atoms with Crippen molar-refractivity contribution in [2.75, 3.05) is 0 Å². The average Bonchev–Trinajstić information content (AvgIpc) is 3.00. The van der Waals surface area contributed by atoms with Gasteiger partial charge in [0, 0.05) is 17.0 Å². The van der Waals surface area contributed by atoms with E-state index >= 15 is 0 Å². The minimum absolute atomic E-state index is 0.271. The largest absolute Gasteiger partial charge is 0.239 e. The summed E-state index contributed by atoms with van der Waals surface area (Å²) in [7, 11) is 0. The van der Waals surface area contributed by atoms with E-state index in [2.05, 4.69) is 11.1 Å². The molecular weight excluding hydrogens is 254 g/mol. The zero-order chi connectivity index (χ0) is 12.8. The van der Waals surface area contributed by atoms with Crippen molar-refractivity contribution in [3.63, 3.8) is 0 Å². The van der Waals surface area contributed by atoms with Crippen LogP contribution in [0.1, 0.15) is 17.8 Å². The Morgan fingerprint density at radius 3 is 2.72 bits per heavy atom. The van der Waals surface area contributed by atoms with Gasteiger partial charge in [-0.1, -0.05) is 0 Å². The number of aromatic nitrogens is 1. The SMILES string of the molecule is N#CC1(c2nc(-c3ccc(F)cc3F)cs2)CC1. The Morgan fingerprint density at radius 2 is 2.11 bits per heavy atom. The Balaban J connectivity index is 2.01. The molecule has 1 aliphatic carbocycles. The molecule has 1 fully saturated rings. The highest BCUT2D eigenvalue weighted by molar-refractivity contribution is 7.10. The van der Waals surface area contributed by atoms with Crippen LogP contribution in [0.5, 0.6) is 0 Å². The molecule has 0 atom stereocenters.